The van der Waals surface area contributed by atoms with Crippen molar-refractivity contribution in [1.82, 2.24) is 4.98 Å². The zero-order chi connectivity index (χ0) is 19.9. The number of ether oxygens (including phenoxy) is 3. The van der Waals surface area contributed by atoms with Crippen LogP contribution in [0.4, 0.5) is 0 Å². The highest BCUT2D eigenvalue weighted by atomic mass is 16.5. The van der Waals surface area contributed by atoms with E-state index in [2.05, 4.69) is 4.98 Å². The normalized spacial score (nSPS) is 10.5. The number of carbonyl (C=O) groups excluding carboxylic acids is 1. The zero-order valence-corrected chi connectivity index (χ0v) is 15.8. The zero-order valence-electron chi connectivity index (χ0n) is 15.8. The molecule has 0 aliphatic carbocycles. The topological polar surface area (TPSA) is 96.8 Å². The average molecular weight is 382 g/mol. The average Bonchev–Trinajstić information content (AvgIpc) is 3.16. The molecule has 7 nitrogen and oxygen atoms in total. The Morgan fingerprint density at radius 1 is 1.00 bits per heavy atom. The molecule has 0 bridgehead atoms. The van der Waals surface area contributed by atoms with Crippen molar-refractivity contribution in [3.8, 4) is 34.1 Å². The van der Waals surface area contributed by atoms with Gasteiger partial charge in [0.1, 0.15) is 30.2 Å². The van der Waals surface area contributed by atoms with Crippen LogP contribution in [0.2, 0.25) is 0 Å². The molecule has 0 unspecified atom stereocenters. The first-order valence-corrected chi connectivity index (χ1v) is 8.79. The van der Waals surface area contributed by atoms with Crippen LogP contribution in [-0.4, -0.2) is 38.3 Å². The summed E-state index contributed by atoms with van der Waals surface area (Å²) in [5, 5.41) is 0. The Morgan fingerprint density at radius 3 is 2.25 bits per heavy atom. The van der Waals surface area contributed by atoms with Crippen LogP contribution in [0.25, 0.3) is 22.6 Å². The molecule has 3 aromatic rings. The molecule has 0 saturated heterocycles. The number of benzene rings is 2. The molecule has 3 rings (SSSR count). The number of hydrogen-bond donors (Lipinski definition) is 1. The van der Waals surface area contributed by atoms with Gasteiger partial charge < -0.3 is 24.4 Å². The number of nitrogens with zero attached hydrogens (tertiary/aromatic N) is 1. The Balaban J connectivity index is 1.98. The van der Waals surface area contributed by atoms with E-state index in [9.17, 15) is 4.79 Å². The van der Waals surface area contributed by atoms with E-state index in [4.69, 9.17) is 24.4 Å². The molecule has 7 heteroatoms. The third-order valence-corrected chi connectivity index (χ3v) is 4.06. The Hall–Kier alpha value is -3.32. The molecule has 2 aromatic carbocycles. The van der Waals surface area contributed by atoms with Gasteiger partial charge in [-0.15, -0.1) is 0 Å². The summed E-state index contributed by atoms with van der Waals surface area (Å²) < 4.78 is 21.3. The minimum Gasteiger partial charge on any atom is -0.497 e. The summed E-state index contributed by atoms with van der Waals surface area (Å²) in [6, 6.07) is 14.9. The van der Waals surface area contributed by atoms with E-state index in [0.717, 1.165) is 22.6 Å². The van der Waals surface area contributed by atoms with E-state index in [1.807, 2.05) is 48.5 Å². The summed E-state index contributed by atoms with van der Waals surface area (Å²) in [5.41, 5.74) is 7.76. The van der Waals surface area contributed by atoms with Gasteiger partial charge in [0.2, 0.25) is 5.89 Å². The molecule has 0 radical (unpaired) electrons. The molecule has 0 spiro atoms. The second-order valence-electron chi connectivity index (χ2n) is 5.93. The molecule has 1 aromatic heterocycles. The van der Waals surface area contributed by atoms with E-state index in [1.54, 1.807) is 7.11 Å². The van der Waals surface area contributed by atoms with Gasteiger partial charge in [0.25, 0.3) is 0 Å². The fraction of sp³-hybridized carbons (Fsp3) is 0.238. The van der Waals surface area contributed by atoms with Crippen molar-refractivity contribution in [2.24, 2.45) is 5.73 Å². The van der Waals surface area contributed by atoms with E-state index in [1.165, 1.54) is 7.11 Å². The first-order chi connectivity index (χ1) is 13.6. The number of rotatable bonds is 8. The molecular weight excluding hydrogens is 360 g/mol. The number of aromatic nitrogens is 1. The maximum absolute atomic E-state index is 11.6. The van der Waals surface area contributed by atoms with Gasteiger partial charge in [-0.25, -0.2) is 4.98 Å². The lowest BCUT2D eigenvalue weighted by Gasteiger charge is -2.06. The fourth-order valence-corrected chi connectivity index (χ4v) is 2.66. The second kappa shape index (κ2) is 9.05. The van der Waals surface area contributed by atoms with Crippen molar-refractivity contribution in [3.05, 3.63) is 54.4 Å². The van der Waals surface area contributed by atoms with Gasteiger partial charge in [0.15, 0.2) is 5.76 Å². The summed E-state index contributed by atoms with van der Waals surface area (Å²) in [7, 11) is 2.94. The number of hydrogen-bond acceptors (Lipinski definition) is 7. The lowest BCUT2D eigenvalue weighted by Crippen LogP contribution is -2.10. The smallest absolute Gasteiger partial charge is 0.314 e. The lowest BCUT2D eigenvalue weighted by atomic mass is 10.1. The van der Waals surface area contributed by atoms with Crippen LogP contribution in [-0.2, 0) is 16.0 Å². The lowest BCUT2D eigenvalue weighted by molar-refractivity contribution is -0.140. The summed E-state index contributed by atoms with van der Waals surface area (Å²) in [5.74, 6) is 1.89. The van der Waals surface area contributed by atoms with E-state index < -0.39 is 5.97 Å². The first kappa shape index (κ1) is 19.4. The van der Waals surface area contributed by atoms with Crippen molar-refractivity contribution in [3.63, 3.8) is 0 Å². The van der Waals surface area contributed by atoms with Crippen LogP contribution >= 0.6 is 0 Å². The van der Waals surface area contributed by atoms with Gasteiger partial charge in [0, 0.05) is 17.7 Å². The van der Waals surface area contributed by atoms with Gasteiger partial charge in [-0.2, -0.15) is 0 Å². The monoisotopic (exact) mass is 382 g/mol. The molecule has 0 fully saturated rings. The van der Waals surface area contributed by atoms with Crippen molar-refractivity contribution in [1.29, 1.82) is 0 Å². The van der Waals surface area contributed by atoms with Crippen molar-refractivity contribution in [2.75, 3.05) is 27.4 Å². The van der Waals surface area contributed by atoms with Crippen molar-refractivity contribution in [2.45, 2.75) is 6.42 Å². The molecule has 146 valence electrons. The van der Waals surface area contributed by atoms with Crippen LogP contribution in [0, 0.1) is 0 Å². The molecule has 0 aliphatic heterocycles. The number of esters is 1. The van der Waals surface area contributed by atoms with Crippen molar-refractivity contribution >= 4 is 5.97 Å². The predicted octanol–water partition coefficient (Wildman–Crippen LogP) is 3.07. The maximum atomic E-state index is 11.6. The van der Waals surface area contributed by atoms with Crippen LogP contribution < -0.4 is 15.2 Å². The number of methoxy groups -OCH3 is 2. The molecule has 0 aliphatic rings. The SMILES string of the molecule is COC(=O)Cc1nc(-c2ccc(OC)cc2)c(-c2ccc(OCCN)cc2)o1. The first-order valence-electron chi connectivity index (χ1n) is 8.79. The maximum Gasteiger partial charge on any atom is 0.314 e. The summed E-state index contributed by atoms with van der Waals surface area (Å²) in [6.07, 6.45) is -0.0443. The second-order valence-corrected chi connectivity index (χ2v) is 5.93. The molecule has 0 amide bonds. The summed E-state index contributed by atoms with van der Waals surface area (Å²) in [4.78, 5) is 16.2. The molecule has 28 heavy (non-hydrogen) atoms. The minimum atomic E-state index is -0.417. The Kier molecular flexibility index (Phi) is 6.29. The van der Waals surface area contributed by atoms with Gasteiger partial charge >= 0.3 is 5.97 Å². The van der Waals surface area contributed by atoms with Gasteiger partial charge in [-0.05, 0) is 48.5 Å². The van der Waals surface area contributed by atoms with Gasteiger partial charge in [-0.1, -0.05) is 0 Å². The Bertz CT molecular complexity index is 917. The standard InChI is InChI=1S/C21H22N2O5/c1-25-16-7-3-14(4-8-16)20-21(28-18(23-20)13-19(24)26-2)15-5-9-17(10-6-15)27-12-11-22/h3-10H,11-13,22H2,1-2H3. The summed E-state index contributed by atoms with van der Waals surface area (Å²) >= 11 is 0. The quantitative estimate of drug-likeness (QED) is 0.598. The highest BCUT2D eigenvalue weighted by Crippen LogP contribution is 2.34. The highest BCUT2D eigenvalue weighted by Gasteiger charge is 2.19. The van der Waals surface area contributed by atoms with E-state index >= 15 is 0 Å². The predicted molar refractivity (Wildman–Crippen MR) is 104 cm³/mol. The van der Waals surface area contributed by atoms with Gasteiger partial charge in [-0.3, -0.25) is 4.79 Å². The highest BCUT2D eigenvalue weighted by molar-refractivity contribution is 5.78. The van der Waals surface area contributed by atoms with Crippen molar-refractivity contribution < 1.29 is 23.4 Å². The molecule has 0 atom stereocenters. The molecular formula is C21H22N2O5. The van der Waals surface area contributed by atoms with E-state index in [-0.39, 0.29) is 12.3 Å². The van der Waals surface area contributed by atoms with Crippen LogP contribution in [0.1, 0.15) is 5.89 Å². The third kappa shape index (κ3) is 4.50. The van der Waals surface area contributed by atoms with Crippen LogP contribution in [0.5, 0.6) is 11.5 Å². The summed E-state index contributed by atoms with van der Waals surface area (Å²) in [6.45, 7) is 0.893. The minimum absolute atomic E-state index is 0.0443. The Morgan fingerprint density at radius 2 is 1.64 bits per heavy atom. The fourth-order valence-electron chi connectivity index (χ4n) is 2.66. The van der Waals surface area contributed by atoms with Crippen LogP contribution in [0.15, 0.2) is 52.9 Å². The number of oxazole rings is 1. The number of carbonyl (C=O) groups is 1. The van der Waals surface area contributed by atoms with Crippen LogP contribution in [0.3, 0.4) is 0 Å². The molecule has 0 saturated carbocycles. The third-order valence-electron chi connectivity index (χ3n) is 4.06. The van der Waals surface area contributed by atoms with Gasteiger partial charge in [0.05, 0.1) is 14.2 Å². The number of nitrogens with two attached hydrogens (primary N) is 1. The van der Waals surface area contributed by atoms with E-state index in [0.29, 0.717) is 24.6 Å². The molecule has 2 N–H and O–H groups in total. The Labute approximate surface area is 163 Å². The molecule has 1 heterocycles. The largest absolute Gasteiger partial charge is 0.497 e.